The van der Waals surface area contributed by atoms with Gasteiger partial charge in [-0.15, -0.1) is 12.4 Å². The molecule has 0 aliphatic carbocycles. The van der Waals surface area contributed by atoms with Crippen LogP contribution < -0.4 is 5.73 Å². The standard InChI is InChI=1S/C6H11NO3.ClH/c1-9-6(8)5(7)4-2-10-3-4;/h4-5H,2-3,7H2,1H3;1H/t5-;/m0./s1. The van der Waals surface area contributed by atoms with Crippen molar-refractivity contribution < 1.29 is 14.3 Å². The van der Waals surface area contributed by atoms with Gasteiger partial charge in [0.1, 0.15) is 6.04 Å². The van der Waals surface area contributed by atoms with Crippen molar-refractivity contribution in [1.29, 1.82) is 0 Å². The van der Waals surface area contributed by atoms with E-state index < -0.39 is 6.04 Å². The maximum Gasteiger partial charge on any atom is 0.323 e. The molecule has 5 heteroatoms. The number of carbonyl (C=O) groups is 1. The molecule has 1 atom stereocenters. The molecule has 1 saturated heterocycles. The number of nitrogens with two attached hydrogens (primary N) is 1. The summed E-state index contributed by atoms with van der Waals surface area (Å²) in [5.74, 6) is -0.194. The van der Waals surface area contributed by atoms with Crippen molar-refractivity contribution in [1.82, 2.24) is 0 Å². The number of hydrogen-bond acceptors (Lipinski definition) is 4. The van der Waals surface area contributed by atoms with Crippen molar-refractivity contribution >= 4 is 18.4 Å². The molecule has 0 aromatic heterocycles. The highest BCUT2D eigenvalue weighted by Crippen LogP contribution is 2.13. The predicted molar refractivity (Wildman–Crippen MR) is 41.5 cm³/mol. The van der Waals surface area contributed by atoms with Crippen molar-refractivity contribution in [3.8, 4) is 0 Å². The van der Waals surface area contributed by atoms with Gasteiger partial charge >= 0.3 is 5.97 Å². The molecule has 1 aliphatic rings. The Morgan fingerprint density at radius 1 is 1.73 bits per heavy atom. The quantitative estimate of drug-likeness (QED) is 0.587. The first-order valence-electron chi connectivity index (χ1n) is 3.17. The fourth-order valence-electron chi connectivity index (χ4n) is 0.790. The average molecular weight is 182 g/mol. The molecule has 0 aromatic rings. The van der Waals surface area contributed by atoms with E-state index in [1.165, 1.54) is 7.11 Å². The molecule has 0 amide bonds. The fourth-order valence-corrected chi connectivity index (χ4v) is 0.790. The third-order valence-corrected chi connectivity index (χ3v) is 1.65. The number of carbonyl (C=O) groups excluding carboxylic acids is 1. The second kappa shape index (κ2) is 4.54. The molecule has 66 valence electrons. The molecule has 2 N–H and O–H groups in total. The molecule has 11 heavy (non-hydrogen) atoms. The van der Waals surface area contributed by atoms with Crippen LogP contribution in [0.25, 0.3) is 0 Å². The van der Waals surface area contributed by atoms with Gasteiger partial charge in [0.15, 0.2) is 0 Å². The van der Waals surface area contributed by atoms with Crippen LogP contribution >= 0.6 is 12.4 Å². The van der Waals surface area contributed by atoms with E-state index in [4.69, 9.17) is 10.5 Å². The van der Waals surface area contributed by atoms with Crippen molar-refractivity contribution in [2.45, 2.75) is 6.04 Å². The Balaban J connectivity index is 0.000001000. The summed E-state index contributed by atoms with van der Waals surface area (Å²) in [7, 11) is 1.34. The number of hydrogen-bond donors (Lipinski definition) is 1. The van der Waals surface area contributed by atoms with Gasteiger partial charge in [0, 0.05) is 5.92 Å². The summed E-state index contributed by atoms with van der Waals surface area (Å²) in [6.45, 7) is 1.16. The largest absolute Gasteiger partial charge is 0.468 e. The van der Waals surface area contributed by atoms with Crippen LogP contribution in [-0.4, -0.2) is 32.3 Å². The second-order valence-electron chi connectivity index (χ2n) is 2.35. The summed E-state index contributed by atoms with van der Waals surface area (Å²) < 4.78 is 9.31. The SMILES string of the molecule is COC(=O)[C@@H](N)C1COC1.Cl. The van der Waals surface area contributed by atoms with E-state index in [9.17, 15) is 4.79 Å². The highest BCUT2D eigenvalue weighted by atomic mass is 35.5. The van der Waals surface area contributed by atoms with E-state index in [0.717, 1.165) is 0 Å². The number of ether oxygens (including phenoxy) is 2. The van der Waals surface area contributed by atoms with Gasteiger partial charge in [-0.2, -0.15) is 0 Å². The Hall–Kier alpha value is -0.320. The molecule has 0 spiro atoms. The molecular weight excluding hydrogens is 170 g/mol. The minimum Gasteiger partial charge on any atom is -0.468 e. The number of halogens is 1. The van der Waals surface area contributed by atoms with E-state index in [2.05, 4.69) is 4.74 Å². The Morgan fingerprint density at radius 2 is 2.27 bits per heavy atom. The molecule has 1 aliphatic heterocycles. The molecule has 1 rings (SSSR count). The fraction of sp³-hybridized carbons (Fsp3) is 0.833. The van der Waals surface area contributed by atoms with Crippen molar-refractivity contribution in [2.75, 3.05) is 20.3 Å². The van der Waals surface area contributed by atoms with Crippen molar-refractivity contribution in [3.63, 3.8) is 0 Å². The minimum atomic E-state index is -0.501. The van der Waals surface area contributed by atoms with Gasteiger partial charge in [0.25, 0.3) is 0 Å². The maximum absolute atomic E-state index is 10.7. The summed E-state index contributed by atoms with van der Waals surface area (Å²) in [6, 6.07) is -0.501. The van der Waals surface area contributed by atoms with Crippen LogP contribution in [0.15, 0.2) is 0 Å². The van der Waals surface area contributed by atoms with Crippen LogP contribution in [0.5, 0.6) is 0 Å². The van der Waals surface area contributed by atoms with Gasteiger partial charge in [-0.25, -0.2) is 0 Å². The molecule has 0 aromatic carbocycles. The Kier molecular flexibility index (Phi) is 4.40. The van der Waals surface area contributed by atoms with E-state index in [0.29, 0.717) is 13.2 Å². The van der Waals surface area contributed by atoms with Crippen LogP contribution in [0, 0.1) is 5.92 Å². The molecule has 0 radical (unpaired) electrons. The van der Waals surface area contributed by atoms with Crippen LogP contribution in [0.3, 0.4) is 0 Å². The average Bonchev–Trinajstić information content (AvgIpc) is 1.82. The molecule has 0 saturated carbocycles. The second-order valence-corrected chi connectivity index (χ2v) is 2.35. The van der Waals surface area contributed by atoms with Crippen LogP contribution in [0.2, 0.25) is 0 Å². The van der Waals surface area contributed by atoms with Gasteiger partial charge in [-0.1, -0.05) is 0 Å². The third-order valence-electron chi connectivity index (χ3n) is 1.65. The van der Waals surface area contributed by atoms with Crippen LogP contribution in [0.1, 0.15) is 0 Å². The molecular formula is C6H12ClNO3. The summed E-state index contributed by atoms with van der Waals surface area (Å²) in [6.07, 6.45) is 0. The normalized spacial score (nSPS) is 19.5. The minimum absolute atomic E-state index is 0. The highest BCUT2D eigenvalue weighted by molar-refractivity contribution is 5.85. The first-order chi connectivity index (χ1) is 4.75. The Bertz CT molecular complexity index is 138. The first kappa shape index (κ1) is 10.7. The van der Waals surface area contributed by atoms with Crippen LogP contribution in [0.4, 0.5) is 0 Å². The Morgan fingerprint density at radius 3 is 2.55 bits per heavy atom. The Labute approximate surface area is 71.4 Å². The van der Waals surface area contributed by atoms with Gasteiger partial charge in [0.05, 0.1) is 20.3 Å². The third kappa shape index (κ3) is 2.32. The van der Waals surface area contributed by atoms with E-state index in [1.54, 1.807) is 0 Å². The molecule has 1 heterocycles. The van der Waals surface area contributed by atoms with E-state index >= 15 is 0 Å². The summed E-state index contributed by atoms with van der Waals surface area (Å²) in [4.78, 5) is 10.7. The highest BCUT2D eigenvalue weighted by Gasteiger charge is 2.31. The zero-order valence-electron chi connectivity index (χ0n) is 6.28. The zero-order chi connectivity index (χ0) is 7.56. The van der Waals surface area contributed by atoms with E-state index in [1.807, 2.05) is 0 Å². The maximum atomic E-state index is 10.7. The van der Waals surface area contributed by atoms with Crippen molar-refractivity contribution in [3.05, 3.63) is 0 Å². The number of rotatable bonds is 2. The lowest BCUT2D eigenvalue weighted by molar-refractivity contribution is -0.149. The van der Waals surface area contributed by atoms with Gasteiger partial charge in [0.2, 0.25) is 0 Å². The summed E-state index contributed by atoms with van der Waals surface area (Å²) in [5, 5.41) is 0. The molecule has 4 nitrogen and oxygen atoms in total. The topological polar surface area (TPSA) is 61.5 Å². The monoisotopic (exact) mass is 181 g/mol. The molecule has 0 unspecified atom stereocenters. The van der Waals surface area contributed by atoms with Crippen LogP contribution in [-0.2, 0) is 14.3 Å². The molecule has 1 fully saturated rings. The zero-order valence-corrected chi connectivity index (χ0v) is 7.10. The van der Waals surface area contributed by atoms with Gasteiger partial charge < -0.3 is 15.2 Å². The lowest BCUT2D eigenvalue weighted by Crippen LogP contribution is -2.48. The lowest BCUT2D eigenvalue weighted by atomic mass is 9.99. The smallest absolute Gasteiger partial charge is 0.323 e. The van der Waals surface area contributed by atoms with E-state index in [-0.39, 0.29) is 24.3 Å². The van der Waals surface area contributed by atoms with Gasteiger partial charge in [-0.05, 0) is 0 Å². The number of methoxy groups -OCH3 is 1. The lowest BCUT2D eigenvalue weighted by Gasteiger charge is -2.29. The predicted octanol–water partition coefficient (Wildman–Crippen LogP) is -0.445. The van der Waals surface area contributed by atoms with Crippen molar-refractivity contribution in [2.24, 2.45) is 11.7 Å². The summed E-state index contributed by atoms with van der Waals surface area (Å²) >= 11 is 0. The number of esters is 1. The summed E-state index contributed by atoms with van der Waals surface area (Å²) in [5.41, 5.74) is 5.48. The van der Waals surface area contributed by atoms with Gasteiger partial charge in [-0.3, -0.25) is 4.79 Å². The molecule has 0 bridgehead atoms. The first-order valence-corrected chi connectivity index (χ1v) is 3.17.